The van der Waals surface area contributed by atoms with Gasteiger partial charge in [0.15, 0.2) is 5.16 Å². The highest BCUT2D eigenvalue weighted by atomic mass is 79.9. The summed E-state index contributed by atoms with van der Waals surface area (Å²) in [5.41, 5.74) is 5.36. The van der Waals surface area contributed by atoms with E-state index in [-0.39, 0.29) is 5.56 Å². The third-order valence-electron chi connectivity index (χ3n) is 3.23. The Morgan fingerprint density at radius 1 is 1.46 bits per heavy atom. The number of fused-ring (bicyclic) bond motifs is 1. The predicted molar refractivity (Wildman–Crippen MR) is 97.0 cm³/mol. The molecule has 0 aliphatic heterocycles. The Morgan fingerprint density at radius 2 is 2.17 bits per heavy atom. The summed E-state index contributed by atoms with van der Waals surface area (Å²) in [5, 5.41) is 2.35. The smallest absolute Gasteiger partial charge is 0.318 e. The Balaban J connectivity index is 2.46. The number of thioether (sulfide) groups is 1. The molecule has 0 fully saturated rings. The summed E-state index contributed by atoms with van der Waals surface area (Å²) in [6.07, 6.45) is 0.747. The first-order chi connectivity index (χ1) is 11.3. The molecule has 0 spiro atoms. The van der Waals surface area contributed by atoms with Gasteiger partial charge in [0.05, 0.1) is 16.2 Å². The summed E-state index contributed by atoms with van der Waals surface area (Å²) >= 11 is 4.47. The molecule has 0 aliphatic rings. The SMILES string of the molecule is CCCn1c(S[C@@H](C)C(=O)NC(N)=O)nc2ccc(Br)cc2c1=O. The fraction of sp³-hybridized carbons (Fsp3) is 0.333. The highest BCUT2D eigenvalue weighted by Gasteiger charge is 2.20. The van der Waals surface area contributed by atoms with Gasteiger partial charge in [-0.15, -0.1) is 0 Å². The molecular weight excluding hydrogens is 396 g/mol. The van der Waals surface area contributed by atoms with Crippen molar-refractivity contribution < 1.29 is 9.59 Å². The van der Waals surface area contributed by atoms with Gasteiger partial charge in [-0.3, -0.25) is 19.5 Å². The molecule has 24 heavy (non-hydrogen) atoms. The quantitative estimate of drug-likeness (QED) is 0.578. The number of urea groups is 1. The summed E-state index contributed by atoms with van der Waals surface area (Å²) in [7, 11) is 0. The van der Waals surface area contributed by atoms with Gasteiger partial charge in [0.25, 0.3) is 5.56 Å². The van der Waals surface area contributed by atoms with E-state index in [1.165, 1.54) is 0 Å². The van der Waals surface area contributed by atoms with Crippen molar-refractivity contribution in [2.75, 3.05) is 0 Å². The number of halogens is 1. The number of hydrogen-bond acceptors (Lipinski definition) is 5. The highest BCUT2D eigenvalue weighted by molar-refractivity contribution is 9.10. The van der Waals surface area contributed by atoms with Crippen molar-refractivity contribution >= 4 is 50.5 Å². The topological polar surface area (TPSA) is 107 Å². The van der Waals surface area contributed by atoms with E-state index in [1.54, 1.807) is 29.7 Å². The minimum absolute atomic E-state index is 0.159. The van der Waals surface area contributed by atoms with Crippen LogP contribution in [0, 0.1) is 0 Å². The zero-order chi connectivity index (χ0) is 17.9. The van der Waals surface area contributed by atoms with Crippen molar-refractivity contribution in [3.63, 3.8) is 0 Å². The maximum absolute atomic E-state index is 12.7. The number of aromatic nitrogens is 2. The molecule has 3 N–H and O–H groups in total. The van der Waals surface area contributed by atoms with Crippen LogP contribution in [0.2, 0.25) is 0 Å². The van der Waals surface area contributed by atoms with Crippen LogP contribution in [-0.2, 0) is 11.3 Å². The van der Waals surface area contributed by atoms with E-state index >= 15 is 0 Å². The average molecular weight is 413 g/mol. The van der Waals surface area contributed by atoms with Crippen molar-refractivity contribution in [3.8, 4) is 0 Å². The molecule has 7 nitrogen and oxygen atoms in total. The molecule has 0 saturated carbocycles. The zero-order valence-electron chi connectivity index (χ0n) is 13.2. The fourth-order valence-electron chi connectivity index (χ4n) is 2.12. The molecule has 0 radical (unpaired) electrons. The number of imide groups is 1. The Hall–Kier alpha value is -1.87. The van der Waals surface area contributed by atoms with Crippen LogP contribution in [0.5, 0.6) is 0 Å². The maximum atomic E-state index is 12.7. The number of nitrogens with one attached hydrogen (secondary N) is 1. The fourth-order valence-corrected chi connectivity index (χ4v) is 3.41. The zero-order valence-corrected chi connectivity index (χ0v) is 15.6. The lowest BCUT2D eigenvalue weighted by molar-refractivity contribution is -0.119. The number of primary amides is 1. The lowest BCUT2D eigenvalue weighted by Crippen LogP contribution is -2.39. The minimum atomic E-state index is -0.908. The molecule has 0 aliphatic carbocycles. The molecule has 0 bridgehead atoms. The largest absolute Gasteiger partial charge is 0.351 e. The summed E-state index contributed by atoms with van der Waals surface area (Å²) in [4.78, 5) is 39.9. The number of amides is 3. The van der Waals surface area contributed by atoms with Crippen LogP contribution in [0.4, 0.5) is 4.79 Å². The standard InChI is InChI=1S/C15H17BrN4O3S/c1-3-6-20-13(22)10-7-9(16)4-5-11(10)18-15(20)24-8(2)12(21)19-14(17)23/h4-5,7-8H,3,6H2,1-2H3,(H3,17,19,21,23)/t8-/m0/s1. The van der Waals surface area contributed by atoms with Gasteiger partial charge in [-0.1, -0.05) is 34.6 Å². The summed E-state index contributed by atoms with van der Waals surface area (Å²) in [6, 6.07) is 4.37. The lowest BCUT2D eigenvalue weighted by atomic mass is 10.2. The molecule has 2 rings (SSSR count). The normalized spacial score (nSPS) is 12.1. The van der Waals surface area contributed by atoms with Crippen molar-refractivity contribution in [3.05, 3.63) is 33.0 Å². The van der Waals surface area contributed by atoms with Gasteiger partial charge in [-0.05, 0) is 31.5 Å². The number of hydrogen-bond donors (Lipinski definition) is 2. The van der Waals surface area contributed by atoms with Gasteiger partial charge in [-0.2, -0.15) is 0 Å². The second kappa shape index (κ2) is 7.80. The van der Waals surface area contributed by atoms with Gasteiger partial charge >= 0.3 is 6.03 Å². The molecule has 9 heteroatoms. The first kappa shape index (κ1) is 18.5. The third kappa shape index (κ3) is 4.15. The second-order valence-corrected chi connectivity index (χ2v) is 7.35. The average Bonchev–Trinajstić information content (AvgIpc) is 2.51. The Kier molecular flexibility index (Phi) is 6.00. The van der Waals surface area contributed by atoms with Crippen molar-refractivity contribution in [1.29, 1.82) is 0 Å². The molecule has 0 saturated heterocycles. The Morgan fingerprint density at radius 3 is 2.79 bits per heavy atom. The maximum Gasteiger partial charge on any atom is 0.318 e. The summed E-state index contributed by atoms with van der Waals surface area (Å²) in [6.45, 7) is 4.06. The van der Waals surface area contributed by atoms with Crippen LogP contribution in [0.1, 0.15) is 20.3 Å². The highest BCUT2D eigenvalue weighted by Crippen LogP contribution is 2.24. The number of rotatable bonds is 5. The number of carbonyl (C=O) groups excluding carboxylic acids is 2. The van der Waals surface area contributed by atoms with Crippen LogP contribution < -0.4 is 16.6 Å². The van der Waals surface area contributed by atoms with E-state index in [0.29, 0.717) is 22.6 Å². The monoisotopic (exact) mass is 412 g/mol. The van der Waals surface area contributed by atoms with Crippen LogP contribution >= 0.6 is 27.7 Å². The number of nitrogens with zero attached hydrogens (tertiary/aromatic N) is 2. The summed E-state index contributed by atoms with van der Waals surface area (Å²) in [5.74, 6) is -0.527. The van der Waals surface area contributed by atoms with Gasteiger partial charge in [0, 0.05) is 11.0 Å². The Bertz CT molecular complexity index is 852. The lowest BCUT2D eigenvalue weighted by Gasteiger charge is -2.15. The number of nitrogens with two attached hydrogens (primary N) is 1. The van der Waals surface area contributed by atoms with Crippen LogP contribution in [-0.4, -0.2) is 26.7 Å². The molecule has 2 aromatic rings. The van der Waals surface area contributed by atoms with Gasteiger partial charge in [0.2, 0.25) is 5.91 Å². The molecule has 3 amide bonds. The molecule has 1 aromatic carbocycles. The number of benzene rings is 1. The molecular formula is C15H17BrN4O3S. The van der Waals surface area contributed by atoms with E-state index in [0.717, 1.165) is 22.7 Å². The predicted octanol–water partition coefficient (Wildman–Crippen LogP) is 2.24. The van der Waals surface area contributed by atoms with Gasteiger partial charge in [0.1, 0.15) is 0 Å². The molecule has 0 unspecified atom stereocenters. The van der Waals surface area contributed by atoms with E-state index in [2.05, 4.69) is 20.9 Å². The van der Waals surface area contributed by atoms with Crippen molar-refractivity contribution in [2.24, 2.45) is 5.73 Å². The minimum Gasteiger partial charge on any atom is -0.351 e. The van der Waals surface area contributed by atoms with Crippen LogP contribution in [0.15, 0.2) is 32.6 Å². The van der Waals surface area contributed by atoms with Crippen molar-refractivity contribution in [2.45, 2.75) is 37.2 Å². The van der Waals surface area contributed by atoms with E-state index < -0.39 is 17.2 Å². The number of carbonyl (C=O) groups is 2. The molecule has 1 aromatic heterocycles. The van der Waals surface area contributed by atoms with Crippen LogP contribution in [0.25, 0.3) is 10.9 Å². The van der Waals surface area contributed by atoms with E-state index in [1.807, 2.05) is 12.2 Å². The summed E-state index contributed by atoms with van der Waals surface area (Å²) < 4.78 is 2.35. The van der Waals surface area contributed by atoms with E-state index in [4.69, 9.17) is 5.73 Å². The molecule has 128 valence electrons. The van der Waals surface area contributed by atoms with Crippen LogP contribution in [0.3, 0.4) is 0 Å². The first-order valence-corrected chi connectivity index (χ1v) is 8.97. The second-order valence-electron chi connectivity index (χ2n) is 5.13. The molecule has 1 heterocycles. The van der Waals surface area contributed by atoms with Gasteiger partial charge < -0.3 is 5.73 Å². The van der Waals surface area contributed by atoms with Crippen molar-refractivity contribution in [1.82, 2.24) is 14.9 Å². The Labute approximate surface area is 151 Å². The van der Waals surface area contributed by atoms with Gasteiger partial charge in [-0.25, -0.2) is 9.78 Å². The van der Waals surface area contributed by atoms with E-state index in [9.17, 15) is 14.4 Å². The first-order valence-electron chi connectivity index (χ1n) is 7.30. The molecule has 1 atom stereocenters. The third-order valence-corrected chi connectivity index (χ3v) is 4.81.